The Balaban J connectivity index is 2.68. The van der Waals surface area contributed by atoms with Crippen molar-refractivity contribution in [1.29, 1.82) is 0 Å². The first-order chi connectivity index (χ1) is 7.10. The highest BCUT2D eigenvalue weighted by Gasteiger charge is 2.35. The van der Waals surface area contributed by atoms with Gasteiger partial charge in [0.1, 0.15) is 0 Å². The molecule has 0 aliphatic heterocycles. The summed E-state index contributed by atoms with van der Waals surface area (Å²) in [5.41, 5.74) is 0. The molecule has 1 fully saturated rings. The highest BCUT2D eigenvalue weighted by molar-refractivity contribution is 4.85. The van der Waals surface area contributed by atoms with E-state index in [1.165, 1.54) is 19.3 Å². The zero-order chi connectivity index (χ0) is 11.4. The van der Waals surface area contributed by atoms with Crippen LogP contribution < -0.4 is 0 Å². The van der Waals surface area contributed by atoms with Crippen LogP contribution in [0.15, 0.2) is 0 Å². The Morgan fingerprint density at radius 2 is 1.93 bits per heavy atom. The standard InChI is InChI=1S/C13H26O2/c1-9(2)11-6-5-10(3)7-12(11)13(8-14)15-4/h9-14H,5-8H2,1-4H3. The summed E-state index contributed by atoms with van der Waals surface area (Å²) in [5.74, 6) is 2.75. The molecular weight excluding hydrogens is 188 g/mol. The topological polar surface area (TPSA) is 29.5 Å². The Labute approximate surface area is 94.0 Å². The quantitative estimate of drug-likeness (QED) is 0.779. The molecule has 1 N–H and O–H groups in total. The fraction of sp³-hybridized carbons (Fsp3) is 1.00. The third kappa shape index (κ3) is 3.18. The number of rotatable bonds is 4. The van der Waals surface area contributed by atoms with Crippen molar-refractivity contribution in [2.75, 3.05) is 13.7 Å². The molecule has 0 saturated heterocycles. The summed E-state index contributed by atoms with van der Waals surface area (Å²) in [7, 11) is 1.72. The van der Waals surface area contributed by atoms with Crippen molar-refractivity contribution in [3.8, 4) is 0 Å². The van der Waals surface area contributed by atoms with Crippen molar-refractivity contribution in [2.45, 2.75) is 46.1 Å². The second kappa shape index (κ2) is 5.86. The average Bonchev–Trinajstić information content (AvgIpc) is 2.19. The summed E-state index contributed by atoms with van der Waals surface area (Å²) in [6.45, 7) is 7.06. The molecule has 1 aliphatic carbocycles. The van der Waals surface area contributed by atoms with E-state index in [0.29, 0.717) is 11.8 Å². The van der Waals surface area contributed by atoms with Crippen LogP contribution >= 0.6 is 0 Å². The molecule has 1 aliphatic rings. The smallest absolute Gasteiger partial charge is 0.0832 e. The highest BCUT2D eigenvalue weighted by Crippen LogP contribution is 2.40. The number of aliphatic hydroxyl groups excluding tert-OH is 1. The molecule has 0 aromatic rings. The molecule has 4 atom stereocenters. The summed E-state index contributed by atoms with van der Waals surface area (Å²) >= 11 is 0. The van der Waals surface area contributed by atoms with Gasteiger partial charge in [0.25, 0.3) is 0 Å². The number of aliphatic hydroxyl groups is 1. The number of hydrogen-bond donors (Lipinski definition) is 1. The molecule has 0 aromatic carbocycles. The van der Waals surface area contributed by atoms with Crippen LogP contribution in [0.2, 0.25) is 0 Å². The molecule has 4 unspecified atom stereocenters. The minimum Gasteiger partial charge on any atom is -0.394 e. The first-order valence-electron chi connectivity index (χ1n) is 6.23. The third-order valence-corrected chi connectivity index (χ3v) is 4.03. The van der Waals surface area contributed by atoms with Crippen molar-refractivity contribution < 1.29 is 9.84 Å². The van der Waals surface area contributed by atoms with Gasteiger partial charge in [-0.25, -0.2) is 0 Å². The van der Waals surface area contributed by atoms with E-state index in [1.807, 2.05) is 0 Å². The lowest BCUT2D eigenvalue weighted by Gasteiger charge is -2.40. The van der Waals surface area contributed by atoms with Gasteiger partial charge in [-0.2, -0.15) is 0 Å². The maximum absolute atomic E-state index is 9.34. The lowest BCUT2D eigenvalue weighted by molar-refractivity contribution is -0.0420. The van der Waals surface area contributed by atoms with Crippen molar-refractivity contribution in [1.82, 2.24) is 0 Å². The normalized spacial score (nSPS) is 34.4. The van der Waals surface area contributed by atoms with E-state index in [0.717, 1.165) is 11.8 Å². The Morgan fingerprint density at radius 1 is 1.27 bits per heavy atom. The van der Waals surface area contributed by atoms with Crippen LogP contribution in [0.4, 0.5) is 0 Å². The Morgan fingerprint density at radius 3 is 2.40 bits per heavy atom. The molecule has 0 spiro atoms. The van der Waals surface area contributed by atoms with E-state index in [-0.39, 0.29) is 12.7 Å². The molecule has 2 heteroatoms. The summed E-state index contributed by atoms with van der Waals surface area (Å²) in [5, 5.41) is 9.34. The Kier molecular flexibility index (Phi) is 5.07. The molecule has 0 aromatic heterocycles. The largest absolute Gasteiger partial charge is 0.394 e. The van der Waals surface area contributed by atoms with E-state index in [2.05, 4.69) is 20.8 Å². The Hall–Kier alpha value is -0.0800. The molecule has 1 rings (SSSR count). The van der Waals surface area contributed by atoms with Crippen molar-refractivity contribution in [3.05, 3.63) is 0 Å². The molecule has 0 heterocycles. The first kappa shape index (κ1) is 13.0. The lowest BCUT2D eigenvalue weighted by atomic mass is 9.68. The van der Waals surface area contributed by atoms with Crippen LogP contribution in [-0.4, -0.2) is 24.9 Å². The fourth-order valence-corrected chi connectivity index (χ4v) is 3.09. The lowest BCUT2D eigenvalue weighted by Crippen LogP contribution is -2.38. The predicted molar refractivity (Wildman–Crippen MR) is 62.7 cm³/mol. The summed E-state index contributed by atoms with van der Waals surface area (Å²) in [6.07, 6.45) is 3.88. The summed E-state index contributed by atoms with van der Waals surface area (Å²) < 4.78 is 5.42. The van der Waals surface area contributed by atoms with Gasteiger partial charge in [-0.15, -0.1) is 0 Å². The van der Waals surface area contributed by atoms with E-state index < -0.39 is 0 Å². The molecule has 0 bridgehead atoms. The fourth-order valence-electron chi connectivity index (χ4n) is 3.09. The molecule has 90 valence electrons. The molecular formula is C13H26O2. The van der Waals surface area contributed by atoms with E-state index in [9.17, 15) is 5.11 Å². The maximum Gasteiger partial charge on any atom is 0.0832 e. The highest BCUT2D eigenvalue weighted by atomic mass is 16.5. The minimum atomic E-state index is 0.0418. The van der Waals surface area contributed by atoms with Crippen LogP contribution in [0.3, 0.4) is 0 Å². The second-order valence-electron chi connectivity index (χ2n) is 5.45. The number of ether oxygens (including phenoxy) is 1. The van der Waals surface area contributed by atoms with Gasteiger partial charge in [0.2, 0.25) is 0 Å². The van der Waals surface area contributed by atoms with E-state index in [1.54, 1.807) is 7.11 Å². The van der Waals surface area contributed by atoms with Gasteiger partial charge in [-0.05, 0) is 36.5 Å². The van der Waals surface area contributed by atoms with E-state index >= 15 is 0 Å². The molecule has 0 radical (unpaired) electrons. The SMILES string of the molecule is COC(CO)C1CC(C)CCC1C(C)C. The third-order valence-electron chi connectivity index (χ3n) is 4.03. The van der Waals surface area contributed by atoms with E-state index in [4.69, 9.17) is 4.74 Å². The van der Waals surface area contributed by atoms with Crippen molar-refractivity contribution >= 4 is 0 Å². The Bertz CT molecular complexity index is 175. The molecule has 0 amide bonds. The molecule has 2 nitrogen and oxygen atoms in total. The van der Waals surface area contributed by atoms with Crippen LogP contribution in [-0.2, 0) is 4.74 Å². The second-order valence-corrected chi connectivity index (χ2v) is 5.45. The minimum absolute atomic E-state index is 0.0418. The molecule has 15 heavy (non-hydrogen) atoms. The summed E-state index contributed by atoms with van der Waals surface area (Å²) in [4.78, 5) is 0. The average molecular weight is 214 g/mol. The van der Waals surface area contributed by atoms with Gasteiger partial charge in [-0.3, -0.25) is 0 Å². The van der Waals surface area contributed by atoms with Crippen molar-refractivity contribution in [3.63, 3.8) is 0 Å². The van der Waals surface area contributed by atoms with Crippen molar-refractivity contribution in [2.24, 2.45) is 23.7 Å². The van der Waals surface area contributed by atoms with Gasteiger partial charge < -0.3 is 9.84 Å². The number of methoxy groups -OCH3 is 1. The van der Waals surface area contributed by atoms with Crippen LogP contribution in [0.5, 0.6) is 0 Å². The van der Waals surface area contributed by atoms with Gasteiger partial charge in [0, 0.05) is 7.11 Å². The molecule has 1 saturated carbocycles. The first-order valence-corrected chi connectivity index (χ1v) is 6.23. The van der Waals surface area contributed by atoms with Gasteiger partial charge in [-0.1, -0.05) is 27.2 Å². The van der Waals surface area contributed by atoms with Crippen LogP contribution in [0.25, 0.3) is 0 Å². The monoisotopic (exact) mass is 214 g/mol. The van der Waals surface area contributed by atoms with Gasteiger partial charge >= 0.3 is 0 Å². The summed E-state index contributed by atoms with van der Waals surface area (Å²) in [6, 6.07) is 0. The van der Waals surface area contributed by atoms with Crippen LogP contribution in [0, 0.1) is 23.7 Å². The number of hydrogen-bond acceptors (Lipinski definition) is 2. The van der Waals surface area contributed by atoms with Crippen LogP contribution in [0.1, 0.15) is 40.0 Å². The maximum atomic E-state index is 9.34. The van der Waals surface area contributed by atoms with Gasteiger partial charge in [0.15, 0.2) is 0 Å². The predicted octanol–water partition coefficient (Wildman–Crippen LogP) is 2.70. The zero-order valence-electron chi connectivity index (χ0n) is 10.6. The zero-order valence-corrected chi connectivity index (χ0v) is 10.6. The van der Waals surface area contributed by atoms with Gasteiger partial charge in [0.05, 0.1) is 12.7 Å².